The van der Waals surface area contributed by atoms with Gasteiger partial charge in [-0.1, -0.05) is 5.11 Å². The van der Waals surface area contributed by atoms with Crippen LogP contribution in [0.4, 0.5) is 4.39 Å². The lowest BCUT2D eigenvalue weighted by atomic mass is 10.1. The lowest BCUT2D eigenvalue weighted by molar-refractivity contribution is -0.189. The van der Waals surface area contributed by atoms with Crippen LogP contribution in [-0.4, -0.2) is 51.5 Å². The molecule has 91 valence electrons. The van der Waals surface area contributed by atoms with Gasteiger partial charge in [0.15, 0.2) is 6.29 Å². The molecule has 0 bridgehead atoms. The highest BCUT2D eigenvalue weighted by Crippen LogP contribution is 2.29. The average molecular weight is 234 g/mol. The Labute approximate surface area is 91.7 Å². The summed E-state index contributed by atoms with van der Waals surface area (Å²) in [5, 5.41) is 14.0. The Morgan fingerprint density at radius 2 is 2.19 bits per heavy atom. The minimum absolute atomic E-state index is 0.680. The SMILES string of the molecule is COC(OC)[C@@H]1O[C@@H](C[O])[C@H](N=[N+]=[N-])[C@H]1F. The fourth-order valence-electron chi connectivity index (χ4n) is 1.67. The van der Waals surface area contributed by atoms with E-state index >= 15 is 0 Å². The standard InChI is InChI=1S/C8H13FN3O4/c1-14-8(15-2)7-5(9)6(11-12-10)4(3-13)16-7/h4-8H,3H2,1-2H3/t4-,5+,6-,7+/m0/s1. The predicted octanol–water partition coefficient (Wildman–Crippen LogP) is 0.820. The molecule has 1 radical (unpaired) electrons. The number of azide groups is 1. The van der Waals surface area contributed by atoms with Gasteiger partial charge in [-0.2, -0.15) is 0 Å². The Morgan fingerprint density at radius 3 is 2.62 bits per heavy atom. The van der Waals surface area contributed by atoms with Gasteiger partial charge >= 0.3 is 0 Å². The summed E-state index contributed by atoms with van der Waals surface area (Å²) in [6.45, 7) is -0.680. The molecule has 1 aliphatic heterocycles. The lowest BCUT2D eigenvalue weighted by Gasteiger charge is -2.21. The molecule has 0 amide bonds. The van der Waals surface area contributed by atoms with Crippen molar-refractivity contribution in [3.05, 3.63) is 10.4 Å². The number of nitrogens with zero attached hydrogens (tertiary/aromatic N) is 3. The van der Waals surface area contributed by atoms with E-state index in [4.69, 9.17) is 19.7 Å². The average Bonchev–Trinajstić information content (AvgIpc) is 2.60. The van der Waals surface area contributed by atoms with Crippen molar-refractivity contribution in [3.63, 3.8) is 0 Å². The fraction of sp³-hybridized carbons (Fsp3) is 1.00. The van der Waals surface area contributed by atoms with Crippen molar-refractivity contribution in [2.24, 2.45) is 5.11 Å². The minimum atomic E-state index is -1.61. The Kier molecular flexibility index (Phi) is 4.91. The molecule has 1 saturated heterocycles. The highest BCUT2D eigenvalue weighted by Gasteiger charge is 2.48. The molecular weight excluding hydrogens is 221 g/mol. The van der Waals surface area contributed by atoms with Crippen molar-refractivity contribution in [2.75, 3.05) is 20.8 Å². The Hall–Kier alpha value is -0.920. The molecule has 0 saturated carbocycles. The molecule has 0 aromatic carbocycles. The molecule has 0 aliphatic carbocycles. The van der Waals surface area contributed by atoms with E-state index in [-0.39, 0.29) is 0 Å². The van der Waals surface area contributed by atoms with Crippen LogP contribution in [0.15, 0.2) is 5.11 Å². The van der Waals surface area contributed by atoms with Crippen LogP contribution in [0.25, 0.3) is 10.4 Å². The first kappa shape index (κ1) is 13.1. The number of hydrogen-bond donors (Lipinski definition) is 0. The second-order valence-corrected chi connectivity index (χ2v) is 3.29. The molecule has 0 aromatic heterocycles. The van der Waals surface area contributed by atoms with Crippen LogP contribution in [0.1, 0.15) is 0 Å². The third-order valence-corrected chi connectivity index (χ3v) is 2.44. The number of alkyl halides is 1. The topological polar surface area (TPSA) is 96.4 Å². The molecule has 7 nitrogen and oxygen atoms in total. The molecule has 1 rings (SSSR count). The van der Waals surface area contributed by atoms with Gasteiger partial charge in [0.05, 0.1) is 12.1 Å². The first-order valence-corrected chi connectivity index (χ1v) is 4.67. The largest absolute Gasteiger partial charge is 0.364 e. The van der Waals surface area contributed by atoms with Crippen molar-refractivity contribution in [1.82, 2.24) is 0 Å². The number of rotatable bonds is 5. The zero-order valence-electron chi connectivity index (χ0n) is 8.95. The van der Waals surface area contributed by atoms with E-state index in [9.17, 15) is 9.50 Å². The van der Waals surface area contributed by atoms with E-state index in [1.165, 1.54) is 14.2 Å². The molecule has 0 spiro atoms. The van der Waals surface area contributed by atoms with E-state index in [0.29, 0.717) is 0 Å². The minimum Gasteiger partial charge on any atom is -0.364 e. The van der Waals surface area contributed by atoms with E-state index in [1.54, 1.807) is 0 Å². The predicted molar refractivity (Wildman–Crippen MR) is 49.9 cm³/mol. The molecule has 4 atom stereocenters. The van der Waals surface area contributed by atoms with E-state index in [2.05, 4.69) is 10.0 Å². The van der Waals surface area contributed by atoms with Crippen LogP contribution in [0, 0.1) is 0 Å². The van der Waals surface area contributed by atoms with Crippen LogP contribution >= 0.6 is 0 Å². The molecule has 16 heavy (non-hydrogen) atoms. The van der Waals surface area contributed by atoms with Crippen LogP contribution in [0.3, 0.4) is 0 Å². The van der Waals surface area contributed by atoms with Crippen molar-refractivity contribution < 1.29 is 23.7 Å². The second kappa shape index (κ2) is 5.97. The molecule has 0 N–H and O–H groups in total. The third kappa shape index (κ3) is 2.42. The number of hydrogen-bond acceptors (Lipinski definition) is 4. The summed E-state index contributed by atoms with van der Waals surface area (Å²) in [4.78, 5) is 2.50. The summed E-state index contributed by atoms with van der Waals surface area (Å²) in [5.41, 5.74) is 8.27. The highest BCUT2D eigenvalue weighted by atomic mass is 19.1. The summed E-state index contributed by atoms with van der Waals surface area (Å²) < 4.78 is 28.6. The smallest absolute Gasteiger partial charge is 0.185 e. The van der Waals surface area contributed by atoms with Gasteiger partial charge in [0, 0.05) is 19.1 Å². The van der Waals surface area contributed by atoms with Crippen molar-refractivity contribution >= 4 is 0 Å². The summed E-state index contributed by atoms with van der Waals surface area (Å²) in [6, 6.07) is -1.12. The van der Waals surface area contributed by atoms with Crippen molar-refractivity contribution in [1.29, 1.82) is 0 Å². The monoisotopic (exact) mass is 234 g/mol. The molecule has 0 aromatic rings. The highest BCUT2D eigenvalue weighted by molar-refractivity contribution is 4.97. The normalized spacial score (nSPS) is 34.1. The van der Waals surface area contributed by atoms with Crippen molar-refractivity contribution in [3.8, 4) is 0 Å². The molecule has 0 unspecified atom stereocenters. The first-order valence-electron chi connectivity index (χ1n) is 4.67. The quantitative estimate of drug-likeness (QED) is 0.305. The molecule has 8 heteroatoms. The Morgan fingerprint density at radius 1 is 1.56 bits per heavy atom. The van der Waals surface area contributed by atoms with Gasteiger partial charge in [0.1, 0.15) is 18.9 Å². The van der Waals surface area contributed by atoms with Gasteiger partial charge in [0.25, 0.3) is 0 Å². The van der Waals surface area contributed by atoms with Crippen LogP contribution in [0.5, 0.6) is 0 Å². The van der Waals surface area contributed by atoms with Gasteiger partial charge in [-0.05, 0) is 5.53 Å². The van der Waals surface area contributed by atoms with E-state index in [1.807, 2.05) is 0 Å². The second-order valence-electron chi connectivity index (χ2n) is 3.29. The van der Waals surface area contributed by atoms with Crippen molar-refractivity contribution in [2.45, 2.75) is 30.7 Å². The summed E-state index contributed by atoms with van der Waals surface area (Å²) >= 11 is 0. The lowest BCUT2D eigenvalue weighted by Crippen LogP contribution is -2.37. The number of halogens is 1. The Balaban J connectivity index is 2.80. The number of methoxy groups -OCH3 is 2. The van der Waals surface area contributed by atoms with Gasteiger partial charge in [-0.25, -0.2) is 9.50 Å². The maximum absolute atomic E-state index is 13.8. The van der Waals surface area contributed by atoms with Crippen LogP contribution < -0.4 is 0 Å². The zero-order valence-corrected chi connectivity index (χ0v) is 8.95. The fourth-order valence-corrected chi connectivity index (χ4v) is 1.67. The molecular formula is C8H13FN3O4. The Bertz CT molecular complexity index is 270. The zero-order chi connectivity index (χ0) is 12.1. The van der Waals surface area contributed by atoms with E-state index < -0.39 is 37.3 Å². The van der Waals surface area contributed by atoms with E-state index in [0.717, 1.165) is 0 Å². The van der Waals surface area contributed by atoms with Gasteiger partial charge in [-0.3, -0.25) is 0 Å². The number of ether oxygens (including phenoxy) is 3. The van der Waals surface area contributed by atoms with Crippen LogP contribution in [-0.2, 0) is 19.3 Å². The van der Waals surface area contributed by atoms with Crippen LogP contribution in [0.2, 0.25) is 0 Å². The summed E-state index contributed by atoms with van der Waals surface area (Å²) in [6.07, 6.45) is -4.57. The molecule has 1 fully saturated rings. The maximum Gasteiger partial charge on any atom is 0.185 e. The third-order valence-electron chi connectivity index (χ3n) is 2.44. The van der Waals surface area contributed by atoms with Gasteiger partial charge in [-0.15, -0.1) is 0 Å². The first-order chi connectivity index (χ1) is 7.69. The molecule has 1 aliphatic rings. The summed E-state index contributed by atoms with van der Waals surface area (Å²) in [5.74, 6) is 0. The van der Waals surface area contributed by atoms with Gasteiger partial charge < -0.3 is 14.2 Å². The maximum atomic E-state index is 13.8. The molecule has 1 heterocycles. The summed E-state index contributed by atoms with van der Waals surface area (Å²) in [7, 11) is 2.66. The van der Waals surface area contributed by atoms with Gasteiger partial charge in [0.2, 0.25) is 0 Å².